The first-order valence-electron chi connectivity index (χ1n) is 5.89. The number of nitrogens with one attached hydrogen (secondary N) is 1. The van der Waals surface area contributed by atoms with Gasteiger partial charge in [-0.3, -0.25) is 4.79 Å². The Balaban J connectivity index is 2.18. The highest BCUT2D eigenvalue weighted by Crippen LogP contribution is 2.33. The van der Waals surface area contributed by atoms with E-state index in [0.29, 0.717) is 11.4 Å². The number of hydrogen-bond donors (Lipinski definition) is 2. The average Bonchev–Trinajstić information content (AvgIpc) is 2.84. The van der Waals surface area contributed by atoms with Gasteiger partial charge in [0.2, 0.25) is 5.88 Å². The molecule has 2 heterocycles. The minimum atomic E-state index is -0.379. The first kappa shape index (κ1) is 14.5. The molecule has 2 N–H and O–H groups in total. The predicted molar refractivity (Wildman–Crippen MR) is 90.7 cm³/mol. The molecule has 0 aliphatic carbocycles. The lowest BCUT2D eigenvalue weighted by atomic mass is 10.1. The molecule has 0 unspecified atom stereocenters. The fraction of sp³-hybridized carbons (Fsp3) is 0. The number of aromatic nitrogens is 2. The highest BCUT2D eigenvalue weighted by molar-refractivity contribution is 9.10. The molecule has 106 valence electrons. The molecule has 2 aromatic heterocycles. The number of hydrogen-bond acceptors (Lipinski definition) is 4. The number of nitrogens with zero attached hydrogens (tertiary/aromatic N) is 1. The van der Waals surface area contributed by atoms with Crippen molar-refractivity contribution in [3.63, 3.8) is 0 Å². The lowest BCUT2D eigenvalue weighted by Crippen LogP contribution is -2.11. The standard InChI is InChI=1S/C14H8Br2N2O2S/c15-8-3-1-2-7(6-8)10-13(19)17-12(18-14(10)20)11-9(16)4-5-21-11/h1-6H,(H2,17,18,19,20). The topological polar surface area (TPSA) is 66.0 Å². The van der Waals surface area contributed by atoms with Crippen molar-refractivity contribution in [3.8, 4) is 27.7 Å². The smallest absolute Gasteiger partial charge is 0.262 e. The van der Waals surface area contributed by atoms with Gasteiger partial charge in [-0.25, -0.2) is 0 Å². The summed E-state index contributed by atoms with van der Waals surface area (Å²) in [5.41, 5.74) is 0.385. The molecule has 0 aliphatic heterocycles. The van der Waals surface area contributed by atoms with Crippen LogP contribution in [0.15, 0.2) is 49.5 Å². The first-order chi connectivity index (χ1) is 10.1. The van der Waals surface area contributed by atoms with Crippen molar-refractivity contribution in [2.75, 3.05) is 0 Å². The van der Waals surface area contributed by atoms with Gasteiger partial charge in [-0.2, -0.15) is 4.98 Å². The van der Waals surface area contributed by atoms with E-state index in [-0.39, 0.29) is 17.0 Å². The summed E-state index contributed by atoms with van der Waals surface area (Å²) in [4.78, 5) is 19.9. The number of thiophene rings is 1. The molecule has 0 saturated heterocycles. The van der Waals surface area contributed by atoms with E-state index in [9.17, 15) is 9.90 Å². The summed E-state index contributed by atoms with van der Waals surface area (Å²) in [6, 6.07) is 9.00. The maximum Gasteiger partial charge on any atom is 0.262 e. The van der Waals surface area contributed by atoms with E-state index in [1.165, 1.54) is 11.3 Å². The Labute approximate surface area is 140 Å². The van der Waals surface area contributed by atoms with Crippen LogP contribution in [0.4, 0.5) is 0 Å². The van der Waals surface area contributed by atoms with Gasteiger partial charge in [-0.05, 0) is 45.1 Å². The van der Waals surface area contributed by atoms with Gasteiger partial charge in [0.15, 0.2) is 5.82 Å². The molecule has 0 radical (unpaired) electrons. The van der Waals surface area contributed by atoms with Crippen LogP contribution in [0.2, 0.25) is 0 Å². The molecule has 0 atom stereocenters. The van der Waals surface area contributed by atoms with Crippen molar-refractivity contribution >= 4 is 43.2 Å². The second kappa shape index (κ2) is 5.75. The zero-order valence-corrected chi connectivity index (χ0v) is 14.4. The van der Waals surface area contributed by atoms with Crippen molar-refractivity contribution in [1.29, 1.82) is 0 Å². The van der Waals surface area contributed by atoms with Gasteiger partial charge in [0, 0.05) is 8.95 Å². The van der Waals surface area contributed by atoms with E-state index in [2.05, 4.69) is 41.8 Å². The molecule has 0 spiro atoms. The number of H-pyrrole nitrogens is 1. The SMILES string of the molecule is O=c1[nH]c(-c2sccc2Br)nc(O)c1-c1cccc(Br)c1. The summed E-state index contributed by atoms with van der Waals surface area (Å²) in [5.74, 6) is 0.0604. The molecule has 1 aromatic carbocycles. The van der Waals surface area contributed by atoms with Crippen molar-refractivity contribution in [3.05, 3.63) is 55.0 Å². The minimum Gasteiger partial charge on any atom is -0.493 e. The molecule has 21 heavy (non-hydrogen) atoms. The Morgan fingerprint density at radius 3 is 2.67 bits per heavy atom. The van der Waals surface area contributed by atoms with Crippen molar-refractivity contribution in [1.82, 2.24) is 9.97 Å². The summed E-state index contributed by atoms with van der Waals surface area (Å²) in [6.07, 6.45) is 0. The third-order valence-corrected chi connectivity index (χ3v) is 5.18. The van der Waals surface area contributed by atoms with Crippen LogP contribution in [0.5, 0.6) is 5.88 Å². The molecule has 0 fully saturated rings. The summed E-state index contributed by atoms with van der Waals surface area (Å²) in [5, 5.41) is 12.0. The summed E-state index contributed by atoms with van der Waals surface area (Å²) >= 11 is 8.16. The van der Waals surface area contributed by atoms with Crippen molar-refractivity contribution in [2.45, 2.75) is 0 Å². The fourth-order valence-corrected chi connectivity index (χ4v) is 3.84. The molecular formula is C14H8Br2N2O2S. The van der Waals surface area contributed by atoms with Crippen LogP contribution >= 0.6 is 43.2 Å². The zero-order valence-electron chi connectivity index (χ0n) is 10.4. The Bertz CT molecular complexity index is 873. The molecule has 0 bridgehead atoms. The highest BCUT2D eigenvalue weighted by Gasteiger charge is 2.16. The minimum absolute atomic E-state index is 0.160. The molecule has 3 aromatic rings. The lowest BCUT2D eigenvalue weighted by molar-refractivity contribution is 0.454. The predicted octanol–water partition coefficient (Wildman–Crippen LogP) is 4.40. The zero-order chi connectivity index (χ0) is 15.0. The quantitative estimate of drug-likeness (QED) is 0.637. The molecular weight excluding hydrogens is 420 g/mol. The molecule has 4 nitrogen and oxygen atoms in total. The largest absolute Gasteiger partial charge is 0.493 e. The Morgan fingerprint density at radius 1 is 1.24 bits per heavy atom. The maximum atomic E-state index is 12.3. The second-order valence-electron chi connectivity index (χ2n) is 4.22. The number of benzene rings is 1. The molecule has 0 amide bonds. The normalized spacial score (nSPS) is 10.8. The summed E-state index contributed by atoms with van der Waals surface area (Å²) < 4.78 is 1.65. The maximum absolute atomic E-state index is 12.3. The fourth-order valence-electron chi connectivity index (χ4n) is 1.94. The van der Waals surface area contributed by atoms with E-state index in [1.54, 1.807) is 18.2 Å². The summed E-state index contributed by atoms with van der Waals surface area (Å²) in [6.45, 7) is 0. The highest BCUT2D eigenvalue weighted by atomic mass is 79.9. The van der Waals surface area contributed by atoms with Crippen LogP contribution in [0.25, 0.3) is 21.8 Å². The van der Waals surface area contributed by atoms with E-state index in [1.807, 2.05) is 17.5 Å². The van der Waals surface area contributed by atoms with Crippen LogP contribution in [-0.4, -0.2) is 15.1 Å². The Kier molecular flexibility index (Phi) is 3.97. The number of halogens is 2. The lowest BCUT2D eigenvalue weighted by Gasteiger charge is -2.06. The van der Waals surface area contributed by atoms with Crippen molar-refractivity contribution in [2.24, 2.45) is 0 Å². The van der Waals surface area contributed by atoms with Crippen LogP contribution in [0.1, 0.15) is 0 Å². The summed E-state index contributed by atoms with van der Waals surface area (Å²) in [7, 11) is 0. The molecule has 0 aliphatic rings. The van der Waals surface area contributed by atoms with E-state index >= 15 is 0 Å². The van der Waals surface area contributed by atoms with Gasteiger partial charge in [0.05, 0.1) is 4.88 Å². The second-order valence-corrected chi connectivity index (χ2v) is 6.91. The van der Waals surface area contributed by atoms with E-state index in [4.69, 9.17) is 0 Å². The monoisotopic (exact) mass is 426 g/mol. The first-order valence-corrected chi connectivity index (χ1v) is 8.35. The Morgan fingerprint density at radius 2 is 2.05 bits per heavy atom. The average molecular weight is 428 g/mol. The number of aromatic amines is 1. The van der Waals surface area contributed by atoms with Gasteiger partial charge in [0.25, 0.3) is 5.56 Å². The molecule has 3 rings (SSSR count). The van der Waals surface area contributed by atoms with Gasteiger partial charge >= 0.3 is 0 Å². The van der Waals surface area contributed by atoms with E-state index < -0.39 is 0 Å². The molecule has 0 saturated carbocycles. The molecule has 7 heteroatoms. The van der Waals surface area contributed by atoms with Gasteiger partial charge in [0.1, 0.15) is 5.56 Å². The van der Waals surface area contributed by atoms with Gasteiger partial charge in [-0.15, -0.1) is 11.3 Å². The van der Waals surface area contributed by atoms with Crippen LogP contribution < -0.4 is 5.56 Å². The third-order valence-electron chi connectivity index (χ3n) is 2.85. The Hall–Kier alpha value is -1.44. The number of rotatable bonds is 2. The number of aromatic hydroxyl groups is 1. The third kappa shape index (κ3) is 2.81. The van der Waals surface area contributed by atoms with Crippen molar-refractivity contribution < 1.29 is 5.11 Å². The van der Waals surface area contributed by atoms with Gasteiger partial charge in [-0.1, -0.05) is 28.1 Å². The van der Waals surface area contributed by atoms with Gasteiger partial charge < -0.3 is 10.1 Å². The van der Waals surface area contributed by atoms with Crippen LogP contribution in [0.3, 0.4) is 0 Å². The van der Waals surface area contributed by atoms with E-state index in [0.717, 1.165) is 13.8 Å². The van der Waals surface area contributed by atoms with Crippen LogP contribution in [0, 0.1) is 0 Å². The van der Waals surface area contributed by atoms with Crippen LogP contribution in [-0.2, 0) is 0 Å².